The Kier molecular flexibility index (Phi) is 7.16. The molecule has 0 saturated carbocycles. The lowest BCUT2D eigenvalue weighted by Gasteiger charge is -2.22. The summed E-state index contributed by atoms with van der Waals surface area (Å²) in [5.74, 6) is -0.420. The topological polar surface area (TPSA) is 67.4 Å². The van der Waals surface area contributed by atoms with E-state index in [4.69, 9.17) is 0 Å². The predicted octanol–water partition coefficient (Wildman–Crippen LogP) is 3.65. The van der Waals surface area contributed by atoms with Crippen LogP contribution in [-0.4, -0.2) is 25.2 Å². The van der Waals surface area contributed by atoms with Gasteiger partial charge in [-0.25, -0.2) is 4.79 Å². The first-order valence-electron chi connectivity index (χ1n) is 8.32. The monoisotopic (exact) mass is 360 g/mol. The maximum atomic E-state index is 12.1. The van der Waals surface area contributed by atoms with E-state index in [2.05, 4.69) is 46.6 Å². The van der Waals surface area contributed by atoms with E-state index < -0.39 is 18.0 Å². The molecule has 6 heteroatoms. The Balaban J connectivity index is 2.16. The van der Waals surface area contributed by atoms with Gasteiger partial charge in [-0.3, -0.25) is 15.4 Å². The summed E-state index contributed by atoms with van der Waals surface area (Å²) in [6, 6.07) is 11.8. The molecule has 0 aliphatic rings. The second-order valence-corrected chi connectivity index (χ2v) is 6.79. The van der Waals surface area contributed by atoms with Gasteiger partial charge in [0, 0.05) is 4.88 Å². The second-order valence-electron chi connectivity index (χ2n) is 5.81. The number of carbonyl (C=O) groups excluding carboxylic acids is 2. The molecule has 0 aliphatic heterocycles. The van der Waals surface area contributed by atoms with Crippen LogP contribution in [0.5, 0.6) is 0 Å². The summed E-state index contributed by atoms with van der Waals surface area (Å²) in [7, 11) is 1.23. The minimum atomic E-state index is -0.754. The quantitative estimate of drug-likeness (QED) is 0.791. The van der Waals surface area contributed by atoms with Gasteiger partial charge in [-0.15, -0.1) is 11.3 Å². The van der Waals surface area contributed by atoms with E-state index in [0.717, 1.165) is 23.3 Å². The minimum absolute atomic E-state index is 0.117. The van der Waals surface area contributed by atoms with Crippen molar-refractivity contribution in [2.45, 2.75) is 38.8 Å². The third-order valence-corrected chi connectivity index (χ3v) is 4.84. The van der Waals surface area contributed by atoms with Crippen molar-refractivity contribution in [3.63, 3.8) is 0 Å². The normalized spacial score (nSPS) is 13.1. The van der Waals surface area contributed by atoms with Crippen molar-refractivity contribution >= 4 is 23.3 Å². The number of alkyl carbamates (subject to hydrolysis) is 1. The lowest BCUT2D eigenvalue weighted by atomic mass is 10.0. The van der Waals surface area contributed by atoms with Crippen molar-refractivity contribution < 1.29 is 14.3 Å². The number of aryl methyl sites for hydroxylation is 1. The van der Waals surface area contributed by atoms with E-state index in [-0.39, 0.29) is 6.04 Å². The molecule has 1 aromatic heterocycles. The molecule has 0 radical (unpaired) electrons. The third-order valence-electron chi connectivity index (χ3n) is 3.90. The number of methoxy groups -OCH3 is 1. The molecule has 0 unspecified atom stereocenters. The fourth-order valence-corrected chi connectivity index (χ4v) is 3.36. The molecule has 2 aromatic rings. The van der Waals surface area contributed by atoms with Crippen molar-refractivity contribution in [1.29, 1.82) is 0 Å². The van der Waals surface area contributed by atoms with Crippen LogP contribution in [0.1, 0.15) is 42.3 Å². The van der Waals surface area contributed by atoms with E-state index in [0.29, 0.717) is 0 Å². The van der Waals surface area contributed by atoms with Gasteiger partial charge in [0.25, 0.3) is 0 Å². The molecule has 2 rings (SSSR count). The molecule has 2 atom stereocenters. The zero-order chi connectivity index (χ0) is 18.2. The van der Waals surface area contributed by atoms with Crippen LogP contribution in [0, 0.1) is 0 Å². The van der Waals surface area contributed by atoms with Crippen molar-refractivity contribution in [2.24, 2.45) is 0 Å². The van der Waals surface area contributed by atoms with E-state index in [1.165, 1.54) is 12.7 Å². The van der Waals surface area contributed by atoms with Gasteiger partial charge in [0.05, 0.1) is 19.2 Å². The highest BCUT2D eigenvalue weighted by atomic mass is 32.1. The molecule has 134 valence electrons. The fraction of sp³-hybridized carbons (Fsp3) is 0.368. The molecule has 0 saturated heterocycles. The predicted molar refractivity (Wildman–Crippen MR) is 99.7 cm³/mol. The zero-order valence-corrected chi connectivity index (χ0v) is 15.6. The lowest BCUT2D eigenvalue weighted by Crippen LogP contribution is -2.45. The van der Waals surface area contributed by atoms with Gasteiger partial charge in [0.15, 0.2) is 0 Å². The summed E-state index contributed by atoms with van der Waals surface area (Å²) in [4.78, 5) is 24.5. The molecular formula is C19H24N2O3S. The lowest BCUT2D eigenvalue weighted by molar-refractivity contribution is -0.122. The minimum Gasteiger partial charge on any atom is -0.453 e. The number of ether oxygens (including phenoxy) is 1. The van der Waals surface area contributed by atoms with Crippen molar-refractivity contribution in [3.05, 3.63) is 57.8 Å². The van der Waals surface area contributed by atoms with Gasteiger partial charge < -0.3 is 4.74 Å². The van der Waals surface area contributed by atoms with E-state index in [1.807, 2.05) is 17.5 Å². The number of thiophene rings is 1. The first-order chi connectivity index (χ1) is 12.0. The van der Waals surface area contributed by atoms with E-state index in [9.17, 15) is 9.59 Å². The molecular weight excluding hydrogens is 336 g/mol. The number of nitrogens with one attached hydrogen (secondary N) is 2. The Morgan fingerprint density at radius 3 is 2.48 bits per heavy atom. The summed E-state index contributed by atoms with van der Waals surface area (Å²) >= 11 is 1.63. The summed E-state index contributed by atoms with van der Waals surface area (Å²) in [6.45, 7) is 3.88. The SMILES string of the molecule is CCCc1ccc([C@@H](N[C@@H](C)C(=O)NC(=O)OC)c2cccs2)cc1. The number of carbonyl (C=O) groups is 2. The zero-order valence-electron chi connectivity index (χ0n) is 14.7. The average Bonchev–Trinajstić information content (AvgIpc) is 3.14. The molecule has 2 N–H and O–H groups in total. The summed E-state index contributed by atoms with van der Waals surface area (Å²) in [6.07, 6.45) is 1.40. The Hall–Kier alpha value is -2.18. The first kappa shape index (κ1) is 19.1. The van der Waals surface area contributed by atoms with Crippen LogP contribution >= 0.6 is 11.3 Å². The summed E-state index contributed by atoms with van der Waals surface area (Å²) in [5.41, 5.74) is 2.38. The van der Waals surface area contributed by atoms with Gasteiger partial charge in [0.1, 0.15) is 0 Å². The molecule has 5 nitrogen and oxygen atoms in total. The fourth-order valence-electron chi connectivity index (χ4n) is 2.55. The van der Waals surface area contributed by atoms with Gasteiger partial charge in [0.2, 0.25) is 5.91 Å². The smallest absolute Gasteiger partial charge is 0.413 e. The second kappa shape index (κ2) is 9.34. The summed E-state index contributed by atoms with van der Waals surface area (Å²) in [5, 5.41) is 7.51. The number of benzene rings is 1. The van der Waals surface area contributed by atoms with Crippen LogP contribution in [0.15, 0.2) is 41.8 Å². The Morgan fingerprint density at radius 1 is 1.20 bits per heavy atom. The Labute approximate surface area is 152 Å². The maximum Gasteiger partial charge on any atom is 0.413 e. The van der Waals surface area contributed by atoms with Crippen LogP contribution in [-0.2, 0) is 16.0 Å². The molecule has 25 heavy (non-hydrogen) atoms. The highest BCUT2D eigenvalue weighted by molar-refractivity contribution is 7.10. The summed E-state index contributed by atoms with van der Waals surface area (Å²) < 4.78 is 4.47. The van der Waals surface area contributed by atoms with Crippen LogP contribution in [0.2, 0.25) is 0 Å². The highest BCUT2D eigenvalue weighted by Crippen LogP contribution is 2.27. The number of hydrogen-bond donors (Lipinski definition) is 2. The molecule has 0 spiro atoms. The molecule has 0 bridgehead atoms. The molecule has 0 aliphatic carbocycles. The molecule has 1 aromatic carbocycles. The number of imide groups is 1. The van der Waals surface area contributed by atoms with E-state index >= 15 is 0 Å². The third kappa shape index (κ3) is 5.41. The number of amides is 2. The van der Waals surface area contributed by atoms with Gasteiger partial charge >= 0.3 is 6.09 Å². The number of rotatable bonds is 7. The first-order valence-corrected chi connectivity index (χ1v) is 9.20. The molecule has 0 fully saturated rings. The van der Waals surface area contributed by atoms with Crippen LogP contribution < -0.4 is 10.6 Å². The van der Waals surface area contributed by atoms with Crippen LogP contribution in [0.25, 0.3) is 0 Å². The molecule has 1 heterocycles. The van der Waals surface area contributed by atoms with Crippen molar-refractivity contribution in [2.75, 3.05) is 7.11 Å². The number of hydrogen-bond acceptors (Lipinski definition) is 5. The van der Waals surface area contributed by atoms with Crippen molar-refractivity contribution in [1.82, 2.24) is 10.6 Å². The standard InChI is InChI=1S/C19H24N2O3S/c1-4-6-14-8-10-15(11-9-14)17(16-7-5-12-25-16)20-13(2)18(22)21-19(23)24-3/h5,7-13,17,20H,4,6H2,1-3H3,(H,21,22,23)/t13-,17+/m0/s1. The Bertz CT molecular complexity index is 683. The van der Waals surface area contributed by atoms with Gasteiger partial charge in [-0.1, -0.05) is 43.7 Å². The Morgan fingerprint density at radius 2 is 1.92 bits per heavy atom. The van der Waals surface area contributed by atoms with Crippen LogP contribution in [0.4, 0.5) is 4.79 Å². The average molecular weight is 360 g/mol. The van der Waals surface area contributed by atoms with E-state index in [1.54, 1.807) is 18.3 Å². The highest BCUT2D eigenvalue weighted by Gasteiger charge is 2.22. The van der Waals surface area contributed by atoms with Gasteiger partial charge in [-0.2, -0.15) is 0 Å². The largest absolute Gasteiger partial charge is 0.453 e. The maximum absolute atomic E-state index is 12.1. The van der Waals surface area contributed by atoms with Crippen molar-refractivity contribution in [3.8, 4) is 0 Å². The van der Waals surface area contributed by atoms with Gasteiger partial charge in [-0.05, 0) is 35.9 Å². The van der Waals surface area contributed by atoms with Crippen LogP contribution in [0.3, 0.4) is 0 Å². The molecule has 2 amide bonds.